The van der Waals surface area contributed by atoms with Crippen LogP contribution in [0.2, 0.25) is 0 Å². The first-order chi connectivity index (χ1) is 10.8. The van der Waals surface area contributed by atoms with Gasteiger partial charge in [-0.15, -0.1) is 0 Å². The summed E-state index contributed by atoms with van der Waals surface area (Å²) < 4.78 is 0. The lowest BCUT2D eigenvalue weighted by Crippen LogP contribution is -2.38. The molecule has 0 aliphatic rings. The molecule has 0 aliphatic heterocycles. The fraction of sp³-hybridized carbons (Fsp3) is 0.611. The van der Waals surface area contributed by atoms with Gasteiger partial charge in [-0.1, -0.05) is 44.2 Å². The van der Waals surface area contributed by atoms with Crippen LogP contribution in [0.3, 0.4) is 0 Å². The van der Waals surface area contributed by atoms with Gasteiger partial charge in [-0.05, 0) is 44.5 Å². The fourth-order valence-corrected chi connectivity index (χ4v) is 2.48. The number of hydrogen-bond donors (Lipinski definition) is 2. The van der Waals surface area contributed by atoms with Gasteiger partial charge in [-0.2, -0.15) is 0 Å². The Morgan fingerprint density at radius 2 is 1.68 bits per heavy atom. The third-order valence-corrected chi connectivity index (χ3v) is 3.55. The highest BCUT2D eigenvalue weighted by Crippen LogP contribution is 1.97. The molecule has 0 spiro atoms. The lowest BCUT2D eigenvalue weighted by atomic mass is 10.2. The third kappa shape index (κ3) is 8.03. The van der Waals surface area contributed by atoms with E-state index in [1.807, 2.05) is 13.1 Å². The second-order valence-electron chi connectivity index (χ2n) is 5.53. The van der Waals surface area contributed by atoms with Gasteiger partial charge in [-0.25, -0.2) is 0 Å². The van der Waals surface area contributed by atoms with Crippen LogP contribution in [-0.2, 0) is 6.54 Å². The van der Waals surface area contributed by atoms with Crippen LogP contribution in [0.25, 0.3) is 0 Å². The Morgan fingerprint density at radius 1 is 1.00 bits per heavy atom. The molecule has 4 nitrogen and oxygen atoms in total. The molecule has 0 unspecified atom stereocenters. The summed E-state index contributed by atoms with van der Waals surface area (Å²) in [5, 5.41) is 6.74. The normalized spacial score (nSPS) is 11.7. The molecule has 1 aromatic carbocycles. The van der Waals surface area contributed by atoms with Gasteiger partial charge in [0.15, 0.2) is 5.96 Å². The van der Waals surface area contributed by atoms with E-state index in [4.69, 9.17) is 0 Å². The molecule has 0 atom stereocenters. The van der Waals surface area contributed by atoms with E-state index in [2.05, 4.69) is 58.6 Å². The number of nitrogens with zero attached hydrogens (tertiary/aromatic N) is 2. The Kier molecular flexibility index (Phi) is 10.1. The Labute approximate surface area is 136 Å². The summed E-state index contributed by atoms with van der Waals surface area (Å²) >= 11 is 0. The molecule has 2 N–H and O–H groups in total. The van der Waals surface area contributed by atoms with Crippen LogP contribution in [0.4, 0.5) is 0 Å². The van der Waals surface area contributed by atoms with Crippen LogP contribution in [0.15, 0.2) is 35.3 Å². The predicted octanol–water partition coefficient (Wildman–Crippen LogP) is 2.86. The minimum absolute atomic E-state index is 0.804. The molecule has 1 rings (SSSR count). The third-order valence-electron chi connectivity index (χ3n) is 3.55. The standard InChI is InChI=1S/C18H32N4/c1-4-13-22(14-5-2)15-9-12-20-18(19-3)21-16-17-10-7-6-8-11-17/h6-8,10-11H,4-5,9,12-16H2,1-3H3,(H2,19,20,21). The average molecular weight is 304 g/mol. The molecule has 0 aliphatic carbocycles. The number of rotatable bonds is 10. The maximum absolute atomic E-state index is 4.27. The van der Waals surface area contributed by atoms with Crippen LogP contribution >= 0.6 is 0 Å². The summed E-state index contributed by atoms with van der Waals surface area (Å²) in [7, 11) is 1.82. The number of benzene rings is 1. The summed E-state index contributed by atoms with van der Waals surface area (Å²) in [5.74, 6) is 0.876. The van der Waals surface area contributed by atoms with E-state index < -0.39 is 0 Å². The zero-order chi connectivity index (χ0) is 16.0. The summed E-state index contributed by atoms with van der Waals surface area (Å²) in [4.78, 5) is 6.82. The van der Waals surface area contributed by atoms with Crippen LogP contribution in [0.1, 0.15) is 38.7 Å². The van der Waals surface area contributed by atoms with Gasteiger partial charge in [0, 0.05) is 20.1 Å². The van der Waals surface area contributed by atoms with Crippen LogP contribution in [0.5, 0.6) is 0 Å². The van der Waals surface area contributed by atoms with Gasteiger partial charge in [0.25, 0.3) is 0 Å². The first-order valence-electron chi connectivity index (χ1n) is 8.51. The topological polar surface area (TPSA) is 39.7 Å². The summed E-state index contributed by atoms with van der Waals surface area (Å²) in [6.45, 7) is 9.82. The Hall–Kier alpha value is -1.55. The Bertz CT molecular complexity index is 397. The maximum atomic E-state index is 4.27. The van der Waals surface area contributed by atoms with Crippen molar-refractivity contribution in [3.8, 4) is 0 Å². The quantitative estimate of drug-likeness (QED) is 0.397. The van der Waals surface area contributed by atoms with Crippen molar-refractivity contribution in [2.24, 2.45) is 4.99 Å². The average Bonchev–Trinajstić information content (AvgIpc) is 2.55. The molecule has 0 radical (unpaired) electrons. The van der Waals surface area contributed by atoms with Gasteiger partial charge in [-0.3, -0.25) is 4.99 Å². The van der Waals surface area contributed by atoms with E-state index in [0.717, 1.165) is 32.0 Å². The minimum atomic E-state index is 0.804. The molecule has 0 bridgehead atoms. The van der Waals surface area contributed by atoms with Crippen molar-refractivity contribution >= 4 is 5.96 Å². The number of aliphatic imine (C=N–C) groups is 1. The van der Waals surface area contributed by atoms with Gasteiger partial charge in [0.05, 0.1) is 0 Å². The second kappa shape index (κ2) is 12.0. The molecular weight excluding hydrogens is 272 g/mol. The highest BCUT2D eigenvalue weighted by Gasteiger charge is 2.02. The minimum Gasteiger partial charge on any atom is -0.356 e. The zero-order valence-electron chi connectivity index (χ0n) is 14.4. The molecule has 0 aromatic heterocycles. The molecule has 0 saturated heterocycles. The monoisotopic (exact) mass is 304 g/mol. The van der Waals surface area contributed by atoms with Crippen molar-refractivity contribution in [3.05, 3.63) is 35.9 Å². The second-order valence-corrected chi connectivity index (χ2v) is 5.53. The lowest BCUT2D eigenvalue weighted by molar-refractivity contribution is 0.271. The van der Waals surface area contributed by atoms with E-state index in [-0.39, 0.29) is 0 Å². The van der Waals surface area contributed by atoms with E-state index in [1.54, 1.807) is 0 Å². The van der Waals surface area contributed by atoms with Crippen LogP contribution in [0, 0.1) is 0 Å². The van der Waals surface area contributed by atoms with E-state index >= 15 is 0 Å². The molecule has 22 heavy (non-hydrogen) atoms. The fourth-order valence-electron chi connectivity index (χ4n) is 2.48. The summed E-state index contributed by atoms with van der Waals surface area (Å²) in [5.41, 5.74) is 1.27. The lowest BCUT2D eigenvalue weighted by Gasteiger charge is -2.21. The van der Waals surface area contributed by atoms with Crippen molar-refractivity contribution in [1.29, 1.82) is 0 Å². The van der Waals surface area contributed by atoms with Crippen LogP contribution in [-0.4, -0.2) is 44.1 Å². The number of hydrogen-bond acceptors (Lipinski definition) is 2. The van der Waals surface area contributed by atoms with Gasteiger partial charge in [0.1, 0.15) is 0 Å². The largest absolute Gasteiger partial charge is 0.356 e. The molecule has 0 saturated carbocycles. The maximum Gasteiger partial charge on any atom is 0.191 e. The van der Waals surface area contributed by atoms with Gasteiger partial charge < -0.3 is 15.5 Å². The Balaban J connectivity index is 2.21. The number of guanidine groups is 1. The van der Waals surface area contributed by atoms with Crippen molar-refractivity contribution in [1.82, 2.24) is 15.5 Å². The molecule has 0 amide bonds. The van der Waals surface area contributed by atoms with Gasteiger partial charge >= 0.3 is 0 Å². The van der Waals surface area contributed by atoms with Crippen molar-refractivity contribution in [2.75, 3.05) is 33.2 Å². The first kappa shape index (κ1) is 18.5. The smallest absolute Gasteiger partial charge is 0.191 e. The van der Waals surface area contributed by atoms with E-state index in [9.17, 15) is 0 Å². The van der Waals surface area contributed by atoms with Crippen molar-refractivity contribution < 1.29 is 0 Å². The molecule has 4 heteroatoms. The Morgan fingerprint density at radius 3 is 2.27 bits per heavy atom. The van der Waals surface area contributed by atoms with Crippen molar-refractivity contribution in [3.63, 3.8) is 0 Å². The van der Waals surface area contributed by atoms with Crippen molar-refractivity contribution in [2.45, 2.75) is 39.7 Å². The molecule has 0 fully saturated rings. The van der Waals surface area contributed by atoms with Crippen LogP contribution < -0.4 is 10.6 Å². The predicted molar refractivity (Wildman–Crippen MR) is 96.3 cm³/mol. The number of nitrogens with one attached hydrogen (secondary N) is 2. The van der Waals surface area contributed by atoms with Gasteiger partial charge in [0.2, 0.25) is 0 Å². The first-order valence-corrected chi connectivity index (χ1v) is 8.51. The summed E-state index contributed by atoms with van der Waals surface area (Å²) in [6, 6.07) is 10.4. The molecule has 124 valence electrons. The van der Waals surface area contributed by atoms with E-state index in [0.29, 0.717) is 0 Å². The van der Waals surface area contributed by atoms with E-state index in [1.165, 1.54) is 31.5 Å². The molecule has 0 heterocycles. The highest BCUT2D eigenvalue weighted by molar-refractivity contribution is 5.79. The summed E-state index contributed by atoms with van der Waals surface area (Å²) in [6.07, 6.45) is 3.60. The zero-order valence-corrected chi connectivity index (χ0v) is 14.4. The highest BCUT2D eigenvalue weighted by atomic mass is 15.2. The molecular formula is C18H32N4. The molecule has 1 aromatic rings. The SMILES string of the molecule is CCCN(CCC)CCCNC(=NC)NCc1ccccc1.